The number of carbonyl (C=O) groups is 1. The van der Waals surface area contributed by atoms with Gasteiger partial charge in [-0.05, 0) is 19.9 Å². The second kappa shape index (κ2) is 8.93. The minimum Gasteiger partial charge on any atom is -0.491 e. The molecule has 0 aliphatic rings. The Hall–Kier alpha value is -3.43. The van der Waals surface area contributed by atoms with E-state index >= 15 is 0 Å². The summed E-state index contributed by atoms with van der Waals surface area (Å²) in [5.41, 5.74) is 2.58. The van der Waals surface area contributed by atoms with Crippen molar-refractivity contribution in [3.05, 3.63) is 29.7 Å². The zero-order valence-corrected chi connectivity index (χ0v) is 18.0. The van der Waals surface area contributed by atoms with Crippen LogP contribution in [0, 0.1) is 6.92 Å². The van der Waals surface area contributed by atoms with Gasteiger partial charge in [-0.1, -0.05) is 0 Å². The Morgan fingerprint density at radius 1 is 1.23 bits per heavy atom. The number of hydrogen-bond acceptors (Lipinski definition) is 8. The topological polar surface area (TPSA) is 110 Å². The van der Waals surface area contributed by atoms with Gasteiger partial charge in [0.15, 0.2) is 11.4 Å². The van der Waals surface area contributed by atoms with Crippen molar-refractivity contribution in [2.24, 2.45) is 7.05 Å². The maximum Gasteiger partial charge on any atom is 0.305 e. The molecule has 0 saturated carbocycles. The van der Waals surface area contributed by atoms with Crippen molar-refractivity contribution >= 4 is 28.8 Å². The molecule has 0 aliphatic heterocycles. The van der Waals surface area contributed by atoms with E-state index in [1.807, 2.05) is 44.8 Å². The molecule has 3 rings (SSSR count). The van der Waals surface area contributed by atoms with E-state index in [-0.39, 0.29) is 6.42 Å². The largest absolute Gasteiger partial charge is 0.491 e. The van der Waals surface area contributed by atoms with Crippen LogP contribution in [0.2, 0.25) is 0 Å². The highest BCUT2D eigenvalue weighted by Crippen LogP contribution is 2.27. The molecule has 3 heterocycles. The molecule has 0 atom stereocenters. The molecule has 1 N–H and O–H groups in total. The summed E-state index contributed by atoms with van der Waals surface area (Å²) < 4.78 is 7.14. The van der Waals surface area contributed by atoms with Crippen molar-refractivity contribution in [3.63, 3.8) is 0 Å². The fraction of sp³-hybridized carbons (Fsp3) is 0.450. The second-order valence-corrected chi connectivity index (χ2v) is 7.12. The molecule has 30 heavy (non-hydrogen) atoms. The van der Waals surface area contributed by atoms with Crippen LogP contribution in [0.5, 0.6) is 5.75 Å². The fourth-order valence-corrected chi connectivity index (χ4v) is 3.26. The summed E-state index contributed by atoms with van der Waals surface area (Å²) in [6.45, 7) is 5.26. The van der Waals surface area contributed by atoms with E-state index in [0.29, 0.717) is 37.2 Å². The van der Waals surface area contributed by atoms with Crippen molar-refractivity contribution in [1.82, 2.24) is 24.7 Å². The number of rotatable bonds is 9. The van der Waals surface area contributed by atoms with E-state index in [0.717, 1.165) is 22.3 Å². The average Bonchev–Trinajstić information content (AvgIpc) is 2.99. The van der Waals surface area contributed by atoms with Gasteiger partial charge in [-0.25, -0.2) is 15.0 Å². The van der Waals surface area contributed by atoms with Crippen LogP contribution in [-0.2, 0) is 18.4 Å². The van der Waals surface area contributed by atoms with Crippen LogP contribution in [0.3, 0.4) is 0 Å². The van der Waals surface area contributed by atoms with Crippen LogP contribution in [-0.4, -0.2) is 63.1 Å². The standard InChI is InChI=1S/C20H27N7O3/c1-6-30-15-10-21-20(22-11-15)26(4)12-14-9-16-13(2)24-27(5)19(16)23-18(14)25(3)8-7-17(28)29/h9-11H,6-8,12H2,1-5H3,(H,28,29). The van der Waals surface area contributed by atoms with Crippen LogP contribution in [0.25, 0.3) is 11.0 Å². The number of carboxylic acid groups (broad SMARTS) is 1. The highest BCUT2D eigenvalue weighted by molar-refractivity contribution is 5.82. The van der Waals surface area contributed by atoms with Crippen LogP contribution in [0.15, 0.2) is 18.5 Å². The Bertz CT molecular complexity index is 1030. The molecule has 10 nitrogen and oxygen atoms in total. The molecule has 0 fully saturated rings. The molecule has 0 spiro atoms. The monoisotopic (exact) mass is 413 g/mol. The van der Waals surface area contributed by atoms with Gasteiger partial charge in [0.05, 0.1) is 31.1 Å². The summed E-state index contributed by atoms with van der Waals surface area (Å²) in [6.07, 6.45) is 3.32. The third-order valence-corrected chi connectivity index (χ3v) is 4.75. The summed E-state index contributed by atoms with van der Waals surface area (Å²) in [4.78, 5) is 28.4. The number of pyridine rings is 1. The first-order valence-electron chi connectivity index (χ1n) is 9.72. The highest BCUT2D eigenvalue weighted by atomic mass is 16.5. The number of aromatic nitrogens is 5. The lowest BCUT2D eigenvalue weighted by Gasteiger charge is -2.24. The van der Waals surface area contributed by atoms with Crippen molar-refractivity contribution in [2.45, 2.75) is 26.8 Å². The number of nitrogens with zero attached hydrogens (tertiary/aromatic N) is 7. The third-order valence-electron chi connectivity index (χ3n) is 4.75. The summed E-state index contributed by atoms with van der Waals surface area (Å²) in [5.74, 6) is 1.05. The number of ether oxygens (including phenoxy) is 1. The quantitative estimate of drug-likeness (QED) is 0.563. The van der Waals surface area contributed by atoms with Crippen molar-refractivity contribution in [3.8, 4) is 5.75 Å². The predicted molar refractivity (Wildman–Crippen MR) is 114 cm³/mol. The van der Waals surface area contributed by atoms with E-state index < -0.39 is 5.97 Å². The molecule has 160 valence electrons. The van der Waals surface area contributed by atoms with Crippen LogP contribution in [0.1, 0.15) is 24.6 Å². The predicted octanol–water partition coefficient (Wildman–Crippen LogP) is 2.01. The normalized spacial score (nSPS) is 11.0. The van der Waals surface area contributed by atoms with Gasteiger partial charge in [0.1, 0.15) is 5.82 Å². The third kappa shape index (κ3) is 4.58. The molecule has 0 aromatic carbocycles. The number of fused-ring (bicyclic) bond motifs is 1. The second-order valence-electron chi connectivity index (χ2n) is 7.12. The number of aryl methyl sites for hydroxylation is 2. The minimum atomic E-state index is -0.847. The van der Waals surface area contributed by atoms with E-state index in [1.165, 1.54) is 0 Å². The molecule has 0 bridgehead atoms. The maximum absolute atomic E-state index is 11.0. The Kier molecular flexibility index (Phi) is 6.34. The molecule has 0 amide bonds. The van der Waals surface area contributed by atoms with Gasteiger partial charge >= 0.3 is 5.97 Å². The van der Waals surface area contributed by atoms with Crippen LogP contribution in [0.4, 0.5) is 11.8 Å². The van der Waals surface area contributed by atoms with Gasteiger partial charge in [0.2, 0.25) is 5.95 Å². The zero-order valence-electron chi connectivity index (χ0n) is 18.0. The van der Waals surface area contributed by atoms with Gasteiger partial charge in [-0.15, -0.1) is 0 Å². The number of hydrogen-bond donors (Lipinski definition) is 1. The molecule has 3 aromatic heterocycles. The molecule has 10 heteroatoms. The maximum atomic E-state index is 11.0. The summed E-state index contributed by atoms with van der Waals surface area (Å²) in [5, 5.41) is 14.5. The first kappa shape index (κ1) is 21.3. The number of anilines is 2. The lowest BCUT2D eigenvalue weighted by Crippen LogP contribution is -2.26. The summed E-state index contributed by atoms with van der Waals surface area (Å²) in [7, 11) is 5.59. The van der Waals surface area contributed by atoms with Gasteiger partial charge in [0, 0.05) is 45.2 Å². The smallest absolute Gasteiger partial charge is 0.305 e. The summed E-state index contributed by atoms with van der Waals surface area (Å²) >= 11 is 0. The summed E-state index contributed by atoms with van der Waals surface area (Å²) in [6, 6.07) is 2.06. The first-order valence-corrected chi connectivity index (χ1v) is 9.72. The molecule has 0 aliphatic carbocycles. The van der Waals surface area contributed by atoms with Crippen molar-refractivity contribution < 1.29 is 14.6 Å². The minimum absolute atomic E-state index is 0.0257. The Morgan fingerprint density at radius 3 is 2.57 bits per heavy atom. The Balaban J connectivity index is 1.94. The van der Waals surface area contributed by atoms with Crippen molar-refractivity contribution in [1.29, 1.82) is 0 Å². The molecular formula is C20H27N7O3. The highest BCUT2D eigenvalue weighted by Gasteiger charge is 2.18. The van der Waals surface area contributed by atoms with E-state index in [9.17, 15) is 4.79 Å². The lowest BCUT2D eigenvalue weighted by molar-refractivity contribution is -0.136. The molecule has 0 radical (unpaired) electrons. The Morgan fingerprint density at radius 2 is 1.93 bits per heavy atom. The molecular weight excluding hydrogens is 386 g/mol. The van der Waals surface area contributed by atoms with Gasteiger partial charge in [0.25, 0.3) is 0 Å². The van der Waals surface area contributed by atoms with Crippen molar-refractivity contribution in [2.75, 3.05) is 37.0 Å². The zero-order chi connectivity index (χ0) is 21.8. The lowest BCUT2D eigenvalue weighted by atomic mass is 10.1. The van der Waals surface area contributed by atoms with Crippen LogP contribution >= 0.6 is 0 Å². The van der Waals surface area contributed by atoms with Crippen LogP contribution < -0.4 is 14.5 Å². The SMILES string of the molecule is CCOc1cnc(N(C)Cc2cc3c(C)nn(C)c3nc2N(C)CCC(=O)O)nc1. The first-order chi connectivity index (χ1) is 14.3. The van der Waals surface area contributed by atoms with E-state index in [4.69, 9.17) is 14.8 Å². The fourth-order valence-electron chi connectivity index (χ4n) is 3.26. The number of carboxylic acids is 1. The van der Waals surface area contributed by atoms with Gasteiger partial charge in [-0.3, -0.25) is 9.48 Å². The molecule has 0 saturated heterocycles. The molecule has 0 unspecified atom stereocenters. The van der Waals surface area contributed by atoms with Gasteiger partial charge in [-0.2, -0.15) is 5.10 Å². The average molecular weight is 413 g/mol. The Labute approximate surface area is 175 Å². The van der Waals surface area contributed by atoms with E-state index in [2.05, 4.69) is 21.1 Å². The van der Waals surface area contributed by atoms with E-state index in [1.54, 1.807) is 17.1 Å². The van der Waals surface area contributed by atoms with Gasteiger partial charge < -0.3 is 19.6 Å². The number of aliphatic carboxylic acids is 1. The molecule has 3 aromatic rings.